The molecule has 36 heavy (non-hydrogen) atoms. The van der Waals surface area contributed by atoms with Gasteiger partial charge in [-0.1, -0.05) is 53.4 Å². The third-order valence-electron chi connectivity index (χ3n) is 6.42. The van der Waals surface area contributed by atoms with Crippen LogP contribution in [0.25, 0.3) is 22.5 Å². The Hall–Kier alpha value is -4.20. The van der Waals surface area contributed by atoms with Gasteiger partial charge in [-0.25, -0.2) is 4.79 Å². The van der Waals surface area contributed by atoms with Crippen molar-refractivity contribution in [1.82, 2.24) is 24.8 Å². The van der Waals surface area contributed by atoms with E-state index in [4.69, 9.17) is 9.57 Å². The van der Waals surface area contributed by atoms with Crippen LogP contribution in [0.4, 0.5) is 4.79 Å². The molecule has 0 spiro atoms. The summed E-state index contributed by atoms with van der Waals surface area (Å²) in [6.07, 6.45) is 8.45. The smallest absolute Gasteiger partial charge is 0.409 e. The van der Waals surface area contributed by atoms with E-state index in [-0.39, 0.29) is 12.0 Å². The average molecular weight is 484 g/mol. The highest BCUT2D eigenvalue weighted by Crippen LogP contribution is 2.36. The molecule has 2 aromatic heterocycles. The molecular formula is C28H29N5O3. The molecule has 0 bridgehead atoms. The number of nitrogens with zero attached hydrogens (tertiary/aromatic N) is 5. The predicted molar refractivity (Wildman–Crippen MR) is 136 cm³/mol. The Morgan fingerprint density at radius 3 is 2.56 bits per heavy atom. The number of likely N-dealkylation sites (tertiary alicyclic amines) is 1. The monoisotopic (exact) mass is 483 g/mol. The van der Waals surface area contributed by atoms with Crippen LogP contribution in [0.2, 0.25) is 0 Å². The van der Waals surface area contributed by atoms with Crippen LogP contribution < -0.4 is 4.84 Å². The van der Waals surface area contributed by atoms with Crippen molar-refractivity contribution in [2.24, 2.45) is 0 Å². The van der Waals surface area contributed by atoms with Gasteiger partial charge in [0.2, 0.25) is 0 Å². The van der Waals surface area contributed by atoms with E-state index in [1.807, 2.05) is 55.6 Å². The van der Waals surface area contributed by atoms with Crippen LogP contribution >= 0.6 is 0 Å². The van der Waals surface area contributed by atoms with Crippen molar-refractivity contribution < 1.29 is 14.4 Å². The second-order valence-corrected chi connectivity index (χ2v) is 8.71. The first-order valence-corrected chi connectivity index (χ1v) is 12.3. The largest absolute Gasteiger partial charge is 0.450 e. The van der Waals surface area contributed by atoms with Crippen molar-refractivity contribution in [2.75, 3.05) is 19.7 Å². The van der Waals surface area contributed by atoms with Gasteiger partial charge in [-0.3, -0.25) is 9.97 Å². The van der Waals surface area contributed by atoms with Crippen molar-refractivity contribution in [3.8, 4) is 22.5 Å². The number of carbonyl (C=O) groups excluding carboxylic acids is 1. The van der Waals surface area contributed by atoms with E-state index in [2.05, 4.69) is 27.2 Å². The lowest BCUT2D eigenvalue weighted by atomic mass is 9.88. The van der Waals surface area contributed by atoms with Crippen LogP contribution in [-0.2, 0) is 11.3 Å². The molecule has 2 aromatic carbocycles. The number of rotatable bonds is 7. The lowest BCUT2D eigenvalue weighted by Crippen LogP contribution is -2.38. The fourth-order valence-corrected chi connectivity index (χ4v) is 4.59. The van der Waals surface area contributed by atoms with E-state index < -0.39 is 0 Å². The van der Waals surface area contributed by atoms with E-state index >= 15 is 0 Å². The molecule has 0 saturated carbocycles. The molecule has 0 unspecified atom stereocenters. The molecule has 1 saturated heterocycles. The molecule has 8 heteroatoms. The van der Waals surface area contributed by atoms with Gasteiger partial charge < -0.3 is 14.5 Å². The number of hydrogen-bond donors (Lipinski definition) is 0. The van der Waals surface area contributed by atoms with Gasteiger partial charge in [-0.15, -0.1) is 5.10 Å². The van der Waals surface area contributed by atoms with Crippen molar-refractivity contribution in [3.63, 3.8) is 0 Å². The number of amides is 1. The lowest BCUT2D eigenvalue weighted by molar-refractivity contribution is 0.0733. The molecule has 1 aliphatic heterocycles. The maximum Gasteiger partial charge on any atom is 0.409 e. The van der Waals surface area contributed by atoms with E-state index in [9.17, 15) is 4.79 Å². The number of carbonyl (C=O) groups is 1. The normalized spacial score (nSPS) is 14.0. The highest BCUT2D eigenvalue weighted by molar-refractivity contribution is 5.71. The van der Waals surface area contributed by atoms with Gasteiger partial charge in [0.05, 0.1) is 24.7 Å². The Bertz CT molecular complexity index is 1290. The van der Waals surface area contributed by atoms with Crippen molar-refractivity contribution in [3.05, 3.63) is 90.5 Å². The molecule has 5 rings (SSSR count). The van der Waals surface area contributed by atoms with Crippen molar-refractivity contribution in [1.29, 1.82) is 0 Å². The van der Waals surface area contributed by atoms with Gasteiger partial charge in [0.25, 0.3) is 0 Å². The van der Waals surface area contributed by atoms with Gasteiger partial charge in [0, 0.05) is 42.2 Å². The van der Waals surface area contributed by atoms with E-state index in [1.165, 1.54) is 0 Å². The van der Waals surface area contributed by atoms with Gasteiger partial charge in [0.15, 0.2) is 0 Å². The van der Waals surface area contributed by atoms with E-state index in [1.54, 1.807) is 28.3 Å². The Balaban J connectivity index is 1.45. The fourth-order valence-electron chi connectivity index (χ4n) is 4.59. The first-order chi connectivity index (χ1) is 17.7. The van der Waals surface area contributed by atoms with E-state index in [0.717, 1.165) is 46.5 Å². The summed E-state index contributed by atoms with van der Waals surface area (Å²) in [4.78, 5) is 30.4. The molecule has 0 radical (unpaired) electrons. The Morgan fingerprint density at radius 1 is 1.00 bits per heavy atom. The van der Waals surface area contributed by atoms with Gasteiger partial charge >= 0.3 is 6.09 Å². The molecule has 0 aliphatic carbocycles. The molecule has 1 aliphatic rings. The van der Waals surface area contributed by atoms with Crippen molar-refractivity contribution in [2.45, 2.75) is 32.3 Å². The molecule has 1 amide bonds. The topological polar surface area (TPSA) is 82.4 Å². The second-order valence-electron chi connectivity index (χ2n) is 8.71. The van der Waals surface area contributed by atoms with E-state index in [0.29, 0.717) is 26.3 Å². The number of ether oxygens (including phenoxy) is 1. The lowest BCUT2D eigenvalue weighted by Gasteiger charge is -2.31. The standard InChI is InChI=1S/C28H29N5O3/c1-2-35-28(34)32-15-11-22(12-16-32)25-18-31-33(36-20-21-7-4-3-5-8-21)27(25)24-10-6-9-23(17-24)26-19-29-13-14-30-26/h3-10,13-14,17-19,22H,2,11-12,15-16,20H2,1H3. The minimum atomic E-state index is -0.241. The summed E-state index contributed by atoms with van der Waals surface area (Å²) in [5.41, 5.74) is 5.87. The summed E-state index contributed by atoms with van der Waals surface area (Å²) >= 11 is 0. The van der Waals surface area contributed by atoms with Gasteiger partial charge in [-0.05, 0) is 37.3 Å². The Morgan fingerprint density at radius 2 is 1.81 bits per heavy atom. The number of piperidine rings is 1. The highest BCUT2D eigenvalue weighted by atomic mass is 16.7. The third-order valence-corrected chi connectivity index (χ3v) is 6.42. The summed E-state index contributed by atoms with van der Waals surface area (Å²) in [7, 11) is 0. The Labute approximate surface area is 210 Å². The summed E-state index contributed by atoms with van der Waals surface area (Å²) in [6, 6.07) is 18.2. The number of aromatic nitrogens is 4. The minimum Gasteiger partial charge on any atom is -0.450 e. The third kappa shape index (κ3) is 5.22. The summed E-state index contributed by atoms with van der Waals surface area (Å²) in [6.45, 7) is 3.92. The zero-order chi connectivity index (χ0) is 24.7. The minimum absolute atomic E-state index is 0.241. The van der Waals surface area contributed by atoms with Crippen LogP contribution in [-0.4, -0.2) is 50.6 Å². The van der Waals surface area contributed by atoms with Crippen LogP contribution in [0.1, 0.15) is 36.8 Å². The quantitative estimate of drug-likeness (QED) is 0.369. The summed E-state index contributed by atoms with van der Waals surface area (Å²) < 4.78 is 5.19. The zero-order valence-corrected chi connectivity index (χ0v) is 20.3. The Kier molecular flexibility index (Phi) is 7.21. The number of hydrogen-bond acceptors (Lipinski definition) is 6. The van der Waals surface area contributed by atoms with Gasteiger partial charge in [0.1, 0.15) is 12.3 Å². The van der Waals surface area contributed by atoms with Crippen LogP contribution in [0.5, 0.6) is 0 Å². The van der Waals surface area contributed by atoms with Crippen LogP contribution in [0.3, 0.4) is 0 Å². The first-order valence-electron chi connectivity index (χ1n) is 12.3. The number of benzene rings is 2. The average Bonchev–Trinajstić information content (AvgIpc) is 3.37. The predicted octanol–water partition coefficient (Wildman–Crippen LogP) is 4.97. The summed E-state index contributed by atoms with van der Waals surface area (Å²) in [5, 5.41) is 4.63. The molecular weight excluding hydrogens is 454 g/mol. The zero-order valence-electron chi connectivity index (χ0n) is 20.3. The molecule has 4 aromatic rings. The maximum absolute atomic E-state index is 12.2. The SMILES string of the molecule is CCOC(=O)N1CCC(c2cnn(OCc3ccccc3)c2-c2cccc(-c3cnccn3)c2)CC1. The van der Waals surface area contributed by atoms with Crippen LogP contribution in [0.15, 0.2) is 79.4 Å². The summed E-state index contributed by atoms with van der Waals surface area (Å²) in [5.74, 6) is 0.250. The van der Waals surface area contributed by atoms with Gasteiger partial charge in [-0.2, -0.15) is 0 Å². The van der Waals surface area contributed by atoms with Crippen LogP contribution in [0, 0.1) is 0 Å². The maximum atomic E-state index is 12.2. The molecule has 0 N–H and O–H groups in total. The molecule has 184 valence electrons. The second kappa shape index (κ2) is 11.0. The first kappa shape index (κ1) is 23.5. The molecule has 0 atom stereocenters. The molecule has 8 nitrogen and oxygen atoms in total. The fraction of sp³-hybridized carbons (Fsp3) is 0.286. The molecule has 1 fully saturated rings. The van der Waals surface area contributed by atoms with Crippen molar-refractivity contribution >= 4 is 6.09 Å². The highest BCUT2D eigenvalue weighted by Gasteiger charge is 2.29. The molecule has 3 heterocycles.